The highest BCUT2D eigenvalue weighted by molar-refractivity contribution is 5.77. The lowest BCUT2D eigenvalue weighted by molar-refractivity contribution is -0.121. The van der Waals surface area contributed by atoms with Crippen molar-refractivity contribution in [2.24, 2.45) is 11.7 Å². The van der Waals surface area contributed by atoms with E-state index in [1.54, 1.807) is 12.1 Å². The van der Waals surface area contributed by atoms with E-state index >= 15 is 0 Å². The fraction of sp³-hybridized carbons (Fsp3) is 0.500. The SMILES string of the molecule is Cc1ccc(O)c(CN2CCC(C(N)=O)C2)n1. The fourth-order valence-electron chi connectivity index (χ4n) is 2.14. The average Bonchev–Trinajstić information content (AvgIpc) is 2.72. The summed E-state index contributed by atoms with van der Waals surface area (Å²) in [5.74, 6) is -0.103. The number of primary amides is 1. The zero-order chi connectivity index (χ0) is 12.4. The number of hydrogen-bond donors (Lipinski definition) is 2. The van der Waals surface area contributed by atoms with Gasteiger partial charge in [0.1, 0.15) is 5.75 Å². The normalized spacial score (nSPS) is 20.6. The van der Waals surface area contributed by atoms with E-state index in [1.165, 1.54) is 0 Å². The van der Waals surface area contributed by atoms with Crippen LogP contribution in [-0.2, 0) is 11.3 Å². The lowest BCUT2D eigenvalue weighted by atomic mass is 10.1. The van der Waals surface area contributed by atoms with Crippen LogP contribution in [-0.4, -0.2) is 34.0 Å². The zero-order valence-electron chi connectivity index (χ0n) is 9.89. The van der Waals surface area contributed by atoms with Gasteiger partial charge in [-0.3, -0.25) is 14.7 Å². The molecule has 0 spiro atoms. The molecule has 17 heavy (non-hydrogen) atoms. The van der Waals surface area contributed by atoms with Crippen LogP contribution < -0.4 is 5.73 Å². The Kier molecular flexibility index (Phi) is 3.28. The number of nitrogens with zero attached hydrogens (tertiary/aromatic N) is 2. The molecule has 1 unspecified atom stereocenters. The van der Waals surface area contributed by atoms with Gasteiger partial charge in [-0.15, -0.1) is 0 Å². The molecule has 1 aromatic heterocycles. The van der Waals surface area contributed by atoms with Gasteiger partial charge < -0.3 is 10.8 Å². The lowest BCUT2D eigenvalue weighted by Crippen LogP contribution is -2.27. The van der Waals surface area contributed by atoms with Gasteiger partial charge in [0.25, 0.3) is 0 Å². The number of rotatable bonds is 3. The Morgan fingerprint density at radius 1 is 1.65 bits per heavy atom. The van der Waals surface area contributed by atoms with Crippen LogP contribution in [0.2, 0.25) is 0 Å². The van der Waals surface area contributed by atoms with Crippen molar-refractivity contribution in [3.63, 3.8) is 0 Å². The van der Waals surface area contributed by atoms with E-state index in [0.29, 0.717) is 18.8 Å². The van der Waals surface area contributed by atoms with Gasteiger partial charge in [-0.2, -0.15) is 0 Å². The Labute approximate surface area is 100 Å². The van der Waals surface area contributed by atoms with Gasteiger partial charge in [0, 0.05) is 18.8 Å². The molecule has 0 aliphatic carbocycles. The first kappa shape index (κ1) is 11.9. The molecule has 1 aromatic rings. The van der Waals surface area contributed by atoms with E-state index in [4.69, 9.17) is 5.73 Å². The number of hydrogen-bond acceptors (Lipinski definition) is 4. The smallest absolute Gasteiger partial charge is 0.221 e. The van der Waals surface area contributed by atoms with Crippen molar-refractivity contribution in [3.05, 3.63) is 23.5 Å². The van der Waals surface area contributed by atoms with Crippen LogP contribution in [0.25, 0.3) is 0 Å². The highest BCUT2D eigenvalue weighted by atomic mass is 16.3. The lowest BCUT2D eigenvalue weighted by Gasteiger charge is -2.15. The molecule has 3 N–H and O–H groups in total. The highest BCUT2D eigenvalue weighted by Gasteiger charge is 2.27. The molecule has 2 heterocycles. The van der Waals surface area contributed by atoms with Gasteiger partial charge in [0.05, 0.1) is 11.6 Å². The summed E-state index contributed by atoms with van der Waals surface area (Å²) < 4.78 is 0. The minimum absolute atomic E-state index is 0.0676. The van der Waals surface area contributed by atoms with Crippen molar-refractivity contribution in [2.75, 3.05) is 13.1 Å². The van der Waals surface area contributed by atoms with E-state index < -0.39 is 0 Å². The first-order valence-electron chi connectivity index (χ1n) is 5.73. The summed E-state index contributed by atoms with van der Waals surface area (Å²) in [5, 5.41) is 9.69. The number of carbonyl (C=O) groups is 1. The van der Waals surface area contributed by atoms with E-state index in [2.05, 4.69) is 9.88 Å². The Bertz CT molecular complexity index is 434. The highest BCUT2D eigenvalue weighted by Crippen LogP contribution is 2.21. The summed E-state index contributed by atoms with van der Waals surface area (Å²) in [6.07, 6.45) is 0.794. The Morgan fingerprint density at radius 3 is 3.06 bits per heavy atom. The molecule has 2 rings (SSSR count). The zero-order valence-corrected chi connectivity index (χ0v) is 9.89. The van der Waals surface area contributed by atoms with Gasteiger partial charge in [0.15, 0.2) is 0 Å². The van der Waals surface area contributed by atoms with Crippen molar-refractivity contribution in [2.45, 2.75) is 19.9 Å². The van der Waals surface area contributed by atoms with Gasteiger partial charge >= 0.3 is 0 Å². The third-order valence-corrected chi connectivity index (χ3v) is 3.14. The number of aromatic nitrogens is 1. The number of aromatic hydroxyl groups is 1. The van der Waals surface area contributed by atoms with Gasteiger partial charge in [-0.25, -0.2) is 0 Å². The van der Waals surface area contributed by atoms with E-state index in [-0.39, 0.29) is 17.6 Å². The first-order valence-corrected chi connectivity index (χ1v) is 5.73. The molecular formula is C12H17N3O2. The molecule has 1 fully saturated rings. The number of amides is 1. The second-order valence-corrected chi connectivity index (χ2v) is 4.54. The van der Waals surface area contributed by atoms with Crippen LogP contribution in [0, 0.1) is 12.8 Å². The van der Waals surface area contributed by atoms with Gasteiger partial charge in [-0.1, -0.05) is 0 Å². The molecule has 0 bridgehead atoms. The maximum Gasteiger partial charge on any atom is 0.221 e. The topological polar surface area (TPSA) is 79.5 Å². The van der Waals surface area contributed by atoms with Gasteiger partial charge in [-0.05, 0) is 32.0 Å². The van der Waals surface area contributed by atoms with Crippen molar-refractivity contribution in [1.82, 2.24) is 9.88 Å². The van der Waals surface area contributed by atoms with Crippen LogP contribution in [0.4, 0.5) is 0 Å². The van der Waals surface area contributed by atoms with Crippen LogP contribution >= 0.6 is 0 Å². The van der Waals surface area contributed by atoms with E-state index in [1.807, 2.05) is 6.92 Å². The number of likely N-dealkylation sites (tertiary alicyclic amines) is 1. The third kappa shape index (κ3) is 2.74. The Morgan fingerprint density at radius 2 is 2.41 bits per heavy atom. The minimum Gasteiger partial charge on any atom is -0.506 e. The predicted octanol–water partition coefficient (Wildman–Crippen LogP) is 0.403. The quantitative estimate of drug-likeness (QED) is 0.795. The number of aryl methyl sites for hydroxylation is 1. The first-order chi connectivity index (χ1) is 8.06. The van der Waals surface area contributed by atoms with Crippen LogP contribution in [0.3, 0.4) is 0 Å². The molecule has 92 valence electrons. The number of carbonyl (C=O) groups excluding carboxylic acids is 1. The molecule has 0 saturated carbocycles. The fourth-order valence-corrected chi connectivity index (χ4v) is 2.14. The van der Waals surface area contributed by atoms with Crippen molar-refractivity contribution in [1.29, 1.82) is 0 Å². The van der Waals surface area contributed by atoms with Crippen molar-refractivity contribution in [3.8, 4) is 5.75 Å². The second kappa shape index (κ2) is 4.71. The molecule has 5 nitrogen and oxygen atoms in total. The predicted molar refractivity (Wildman–Crippen MR) is 63.2 cm³/mol. The average molecular weight is 235 g/mol. The van der Waals surface area contributed by atoms with E-state index in [9.17, 15) is 9.90 Å². The molecule has 1 atom stereocenters. The second-order valence-electron chi connectivity index (χ2n) is 4.54. The molecule has 1 saturated heterocycles. The van der Waals surface area contributed by atoms with Crippen molar-refractivity contribution < 1.29 is 9.90 Å². The Hall–Kier alpha value is -1.62. The maximum absolute atomic E-state index is 11.1. The molecule has 1 aliphatic heterocycles. The Balaban J connectivity index is 2.02. The number of nitrogens with two attached hydrogens (primary N) is 1. The third-order valence-electron chi connectivity index (χ3n) is 3.14. The van der Waals surface area contributed by atoms with Crippen LogP contribution in [0.15, 0.2) is 12.1 Å². The molecule has 1 amide bonds. The molecular weight excluding hydrogens is 218 g/mol. The minimum atomic E-state index is -0.242. The summed E-state index contributed by atoms with van der Waals surface area (Å²) in [6.45, 7) is 3.93. The molecule has 5 heteroatoms. The number of pyridine rings is 1. The summed E-state index contributed by atoms with van der Waals surface area (Å²) in [6, 6.07) is 3.42. The summed E-state index contributed by atoms with van der Waals surface area (Å²) >= 11 is 0. The summed E-state index contributed by atoms with van der Waals surface area (Å²) in [5.41, 5.74) is 6.82. The monoisotopic (exact) mass is 235 g/mol. The summed E-state index contributed by atoms with van der Waals surface area (Å²) in [4.78, 5) is 17.4. The summed E-state index contributed by atoms with van der Waals surface area (Å²) in [7, 11) is 0. The largest absolute Gasteiger partial charge is 0.506 e. The standard InChI is InChI=1S/C12H17N3O2/c1-8-2-3-11(16)10(14-8)7-15-5-4-9(6-15)12(13)17/h2-3,9,16H,4-7H2,1H3,(H2,13,17). The molecule has 1 aliphatic rings. The van der Waals surface area contributed by atoms with Crippen LogP contribution in [0.5, 0.6) is 5.75 Å². The molecule has 0 aromatic carbocycles. The van der Waals surface area contributed by atoms with E-state index in [0.717, 1.165) is 18.7 Å². The molecule has 0 radical (unpaired) electrons. The van der Waals surface area contributed by atoms with Crippen molar-refractivity contribution >= 4 is 5.91 Å². The maximum atomic E-state index is 11.1. The van der Waals surface area contributed by atoms with Gasteiger partial charge in [0.2, 0.25) is 5.91 Å². The van der Waals surface area contributed by atoms with Crippen LogP contribution in [0.1, 0.15) is 17.8 Å².